The van der Waals surface area contributed by atoms with Crippen molar-refractivity contribution in [2.45, 2.75) is 24.9 Å². The number of fused-ring (bicyclic) bond motifs is 3. The van der Waals surface area contributed by atoms with Crippen LogP contribution in [0.4, 0.5) is 0 Å². The fourth-order valence-corrected chi connectivity index (χ4v) is 3.64. The van der Waals surface area contributed by atoms with E-state index >= 15 is 0 Å². The molecule has 116 valence electrons. The van der Waals surface area contributed by atoms with Crippen LogP contribution in [0.25, 0.3) is 21.8 Å². The van der Waals surface area contributed by atoms with E-state index in [9.17, 15) is 10.5 Å². The number of hydrogen-bond donors (Lipinski definition) is 0. The Morgan fingerprint density at radius 1 is 1.12 bits per heavy atom. The quantitative estimate of drug-likeness (QED) is 0.712. The van der Waals surface area contributed by atoms with Gasteiger partial charge >= 0.3 is 0 Å². The molecule has 2 heterocycles. The zero-order chi connectivity index (χ0) is 16.7. The molecule has 3 aromatic rings. The second kappa shape index (κ2) is 5.18. The Hall–Kier alpha value is -3.18. The van der Waals surface area contributed by atoms with Crippen LogP contribution in [0, 0.1) is 22.7 Å². The number of benzene rings is 2. The van der Waals surface area contributed by atoms with Gasteiger partial charge in [-0.2, -0.15) is 20.8 Å². The Kier molecular flexibility index (Phi) is 3.11. The minimum absolute atomic E-state index is 0.319. The van der Waals surface area contributed by atoms with Crippen molar-refractivity contribution in [1.82, 2.24) is 4.57 Å². The number of nitriles is 2. The second-order valence-electron chi connectivity index (χ2n) is 6.00. The molecule has 24 heavy (non-hydrogen) atoms. The minimum atomic E-state index is -1.41. The first kappa shape index (κ1) is 14.4. The maximum Gasteiger partial charge on any atom is 0.260 e. The smallest absolute Gasteiger partial charge is 0.260 e. The normalized spacial score (nSPS) is 18.7. The van der Waals surface area contributed by atoms with Crippen LogP contribution in [0.3, 0.4) is 0 Å². The highest BCUT2D eigenvalue weighted by Gasteiger charge is 2.45. The van der Waals surface area contributed by atoms with Crippen LogP contribution < -0.4 is 0 Å². The summed E-state index contributed by atoms with van der Waals surface area (Å²) in [5.74, 6) is -0.319. The van der Waals surface area contributed by atoms with Crippen molar-refractivity contribution in [3.05, 3.63) is 48.0 Å². The lowest BCUT2D eigenvalue weighted by molar-refractivity contribution is 0.602. The van der Waals surface area contributed by atoms with Gasteiger partial charge < -0.3 is 4.57 Å². The zero-order valence-corrected chi connectivity index (χ0v) is 13.3. The first-order valence-corrected chi connectivity index (χ1v) is 7.96. The summed E-state index contributed by atoms with van der Waals surface area (Å²) in [7, 11) is 0. The number of nitrogens with zero attached hydrogens (tertiary/aromatic N) is 5. The van der Waals surface area contributed by atoms with E-state index in [-0.39, 0.29) is 5.92 Å². The molecule has 0 radical (unpaired) electrons. The lowest BCUT2D eigenvalue weighted by Gasteiger charge is -2.17. The summed E-state index contributed by atoms with van der Waals surface area (Å²) in [6, 6.07) is 18.6. The third kappa shape index (κ3) is 1.79. The molecule has 0 spiro atoms. The Balaban J connectivity index is 1.96. The second-order valence-corrected chi connectivity index (χ2v) is 6.00. The molecule has 0 N–H and O–H groups in total. The van der Waals surface area contributed by atoms with E-state index in [1.54, 1.807) is 0 Å². The van der Waals surface area contributed by atoms with Crippen molar-refractivity contribution in [1.29, 1.82) is 10.5 Å². The highest BCUT2D eigenvalue weighted by Crippen LogP contribution is 2.39. The molecule has 1 aliphatic rings. The molecule has 2 aromatic carbocycles. The first-order valence-electron chi connectivity index (χ1n) is 7.96. The molecule has 0 bridgehead atoms. The maximum atomic E-state index is 9.45. The van der Waals surface area contributed by atoms with E-state index in [4.69, 9.17) is 0 Å². The predicted molar refractivity (Wildman–Crippen MR) is 91.5 cm³/mol. The number of azo groups is 1. The number of aromatic nitrogens is 1. The molecule has 1 unspecified atom stereocenters. The highest BCUT2D eigenvalue weighted by molar-refractivity contribution is 6.08. The first-order chi connectivity index (χ1) is 11.7. The van der Waals surface area contributed by atoms with Crippen molar-refractivity contribution in [2.75, 3.05) is 6.54 Å². The van der Waals surface area contributed by atoms with Crippen molar-refractivity contribution >= 4 is 21.8 Å². The standard InChI is InChI=1S/C19H15N5/c1-2-24-17-6-4-3-5-14(17)15-9-13(7-8-18(15)24)16-10-22-23-19(16,11-20)12-21/h3-9,16H,2,10H2,1H3. The fraction of sp³-hybridized carbons (Fsp3) is 0.263. The van der Waals surface area contributed by atoms with Crippen molar-refractivity contribution in [2.24, 2.45) is 10.2 Å². The SMILES string of the molecule is CCn1c2ccccc2c2cc(C3CN=NC3(C#N)C#N)ccc21. The summed E-state index contributed by atoms with van der Waals surface area (Å²) in [5.41, 5.74) is 1.89. The molecule has 0 amide bonds. The van der Waals surface area contributed by atoms with E-state index in [2.05, 4.69) is 58.1 Å². The molecule has 0 saturated carbocycles. The van der Waals surface area contributed by atoms with E-state index in [0.717, 1.165) is 23.0 Å². The average Bonchev–Trinajstić information content (AvgIpc) is 3.20. The molecule has 1 aromatic heterocycles. The van der Waals surface area contributed by atoms with Crippen LogP contribution >= 0.6 is 0 Å². The van der Waals surface area contributed by atoms with Crippen LogP contribution in [-0.4, -0.2) is 16.7 Å². The summed E-state index contributed by atoms with van der Waals surface area (Å²) in [4.78, 5) is 0. The van der Waals surface area contributed by atoms with E-state index in [1.165, 1.54) is 10.9 Å². The summed E-state index contributed by atoms with van der Waals surface area (Å²) < 4.78 is 2.28. The molecule has 0 fully saturated rings. The lowest BCUT2D eigenvalue weighted by Crippen LogP contribution is -2.28. The molecule has 1 atom stereocenters. The van der Waals surface area contributed by atoms with E-state index < -0.39 is 5.54 Å². The number of para-hydroxylation sites is 1. The summed E-state index contributed by atoms with van der Waals surface area (Å²) in [6.45, 7) is 3.39. The minimum Gasteiger partial charge on any atom is -0.341 e. The lowest BCUT2D eigenvalue weighted by atomic mass is 9.82. The van der Waals surface area contributed by atoms with Gasteiger partial charge in [0.15, 0.2) is 0 Å². The van der Waals surface area contributed by atoms with Gasteiger partial charge in [-0.05, 0) is 30.7 Å². The largest absolute Gasteiger partial charge is 0.341 e. The van der Waals surface area contributed by atoms with Gasteiger partial charge in [0.1, 0.15) is 12.1 Å². The third-order valence-electron chi connectivity index (χ3n) is 4.85. The maximum absolute atomic E-state index is 9.45. The Morgan fingerprint density at radius 3 is 2.62 bits per heavy atom. The summed E-state index contributed by atoms with van der Waals surface area (Å²) in [6.07, 6.45) is 0. The number of rotatable bonds is 2. The predicted octanol–water partition coefficient (Wildman–Crippen LogP) is 4.15. The van der Waals surface area contributed by atoms with Crippen LogP contribution in [-0.2, 0) is 6.54 Å². The Labute approximate surface area is 139 Å². The van der Waals surface area contributed by atoms with Crippen molar-refractivity contribution < 1.29 is 0 Å². The topological polar surface area (TPSA) is 77.2 Å². The van der Waals surface area contributed by atoms with Gasteiger partial charge in [-0.1, -0.05) is 24.3 Å². The van der Waals surface area contributed by atoms with Gasteiger partial charge in [0.25, 0.3) is 5.54 Å². The van der Waals surface area contributed by atoms with Crippen LogP contribution in [0.5, 0.6) is 0 Å². The third-order valence-corrected chi connectivity index (χ3v) is 4.85. The Morgan fingerprint density at radius 2 is 1.88 bits per heavy atom. The molecule has 4 rings (SSSR count). The van der Waals surface area contributed by atoms with Crippen LogP contribution in [0.15, 0.2) is 52.7 Å². The van der Waals surface area contributed by atoms with Crippen LogP contribution in [0.2, 0.25) is 0 Å². The fourth-order valence-electron chi connectivity index (χ4n) is 3.64. The van der Waals surface area contributed by atoms with E-state index in [1.807, 2.05) is 18.2 Å². The van der Waals surface area contributed by atoms with Gasteiger partial charge in [-0.3, -0.25) is 0 Å². The highest BCUT2D eigenvalue weighted by atomic mass is 15.2. The monoisotopic (exact) mass is 313 g/mol. The molecule has 5 nitrogen and oxygen atoms in total. The molecular formula is C19H15N5. The van der Waals surface area contributed by atoms with Gasteiger partial charge in [0.2, 0.25) is 0 Å². The summed E-state index contributed by atoms with van der Waals surface area (Å²) >= 11 is 0. The number of hydrogen-bond acceptors (Lipinski definition) is 4. The van der Waals surface area contributed by atoms with Gasteiger partial charge in [-0.15, -0.1) is 0 Å². The number of aryl methyl sites for hydroxylation is 1. The average molecular weight is 313 g/mol. The van der Waals surface area contributed by atoms with Gasteiger partial charge in [0.05, 0.1) is 12.5 Å². The van der Waals surface area contributed by atoms with Crippen LogP contribution in [0.1, 0.15) is 18.4 Å². The molecule has 0 saturated heterocycles. The van der Waals surface area contributed by atoms with Gasteiger partial charge in [0, 0.05) is 28.4 Å². The molecule has 1 aliphatic heterocycles. The van der Waals surface area contributed by atoms with Gasteiger partial charge in [-0.25, -0.2) is 0 Å². The molecular weight excluding hydrogens is 298 g/mol. The Bertz CT molecular complexity index is 1050. The van der Waals surface area contributed by atoms with Crippen molar-refractivity contribution in [3.8, 4) is 12.1 Å². The zero-order valence-electron chi connectivity index (χ0n) is 13.3. The summed E-state index contributed by atoms with van der Waals surface area (Å²) in [5, 5.41) is 29.1. The van der Waals surface area contributed by atoms with E-state index in [0.29, 0.717) is 6.54 Å². The molecule has 0 aliphatic carbocycles. The van der Waals surface area contributed by atoms with Crippen molar-refractivity contribution in [3.63, 3.8) is 0 Å². The molecule has 5 heteroatoms.